The van der Waals surface area contributed by atoms with Gasteiger partial charge in [-0.3, -0.25) is 4.79 Å². The largest absolute Gasteiger partial charge is 0.333 e. The van der Waals surface area contributed by atoms with Crippen LogP contribution in [0.15, 0.2) is 24.3 Å². The van der Waals surface area contributed by atoms with Gasteiger partial charge >= 0.3 is 0 Å². The topological polar surface area (TPSA) is 32.3 Å². The fourth-order valence-corrected chi connectivity index (χ4v) is 3.30. The van der Waals surface area contributed by atoms with Crippen molar-refractivity contribution in [2.45, 2.75) is 39.2 Å². The molecule has 2 fully saturated rings. The van der Waals surface area contributed by atoms with Gasteiger partial charge in [-0.05, 0) is 36.3 Å². The van der Waals surface area contributed by atoms with Gasteiger partial charge < -0.3 is 10.2 Å². The first kappa shape index (κ1) is 17.3. The van der Waals surface area contributed by atoms with Gasteiger partial charge in [0.05, 0.1) is 6.04 Å². The number of hydrogen-bond acceptors (Lipinski definition) is 2. The van der Waals surface area contributed by atoms with E-state index in [4.69, 9.17) is 0 Å². The molecule has 3 nitrogen and oxygen atoms in total. The Morgan fingerprint density at radius 2 is 2.00 bits per heavy atom. The van der Waals surface area contributed by atoms with Crippen LogP contribution in [0, 0.1) is 11.8 Å². The smallest absolute Gasteiger partial charge is 0.226 e. The Hall–Kier alpha value is -1.06. The number of rotatable bonds is 4. The normalized spacial score (nSPS) is 22.8. The van der Waals surface area contributed by atoms with Crippen LogP contribution < -0.4 is 5.32 Å². The quantitative estimate of drug-likeness (QED) is 0.923. The fourth-order valence-electron chi connectivity index (χ4n) is 3.30. The molecule has 2 aliphatic rings. The minimum atomic E-state index is 0. The molecule has 1 heterocycles. The number of benzene rings is 1. The van der Waals surface area contributed by atoms with Crippen molar-refractivity contribution in [3.8, 4) is 0 Å². The van der Waals surface area contributed by atoms with Crippen LogP contribution in [0.5, 0.6) is 0 Å². The summed E-state index contributed by atoms with van der Waals surface area (Å²) in [6.45, 7) is 6.89. The number of carbonyl (C=O) groups excluding carboxylic acids is 1. The van der Waals surface area contributed by atoms with E-state index in [1.165, 1.54) is 24.0 Å². The minimum Gasteiger partial charge on any atom is -0.333 e. The van der Waals surface area contributed by atoms with Crippen LogP contribution in [0.25, 0.3) is 0 Å². The molecule has 122 valence electrons. The molecule has 1 saturated carbocycles. The lowest BCUT2D eigenvalue weighted by molar-refractivity contribution is -0.139. The highest BCUT2D eigenvalue weighted by molar-refractivity contribution is 5.85. The van der Waals surface area contributed by atoms with Crippen LogP contribution in [0.3, 0.4) is 0 Å². The summed E-state index contributed by atoms with van der Waals surface area (Å²) in [7, 11) is 0. The zero-order valence-corrected chi connectivity index (χ0v) is 14.4. The molecule has 2 unspecified atom stereocenters. The molecule has 1 N–H and O–H groups in total. The van der Waals surface area contributed by atoms with Gasteiger partial charge in [0.15, 0.2) is 0 Å². The minimum absolute atomic E-state index is 0. The molecule has 22 heavy (non-hydrogen) atoms. The van der Waals surface area contributed by atoms with Gasteiger partial charge in [0.25, 0.3) is 0 Å². The second-order valence-electron chi connectivity index (χ2n) is 6.47. The first-order chi connectivity index (χ1) is 10.2. The average Bonchev–Trinajstić information content (AvgIpc) is 3.38. The van der Waals surface area contributed by atoms with Crippen LogP contribution >= 0.6 is 12.4 Å². The van der Waals surface area contributed by atoms with Crippen molar-refractivity contribution >= 4 is 18.3 Å². The maximum Gasteiger partial charge on any atom is 0.226 e. The summed E-state index contributed by atoms with van der Waals surface area (Å²) >= 11 is 0. The Labute approximate surface area is 139 Å². The van der Waals surface area contributed by atoms with Crippen LogP contribution in [-0.2, 0) is 11.2 Å². The Morgan fingerprint density at radius 1 is 1.32 bits per heavy atom. The number of hydrogen-bond donors (Lipinski definition) is 1. The Morgan fingerprint density at radius 3 is 2.59 bits per heavy atom. The van der Waals surface area contributed by atoms with Crippen molar-refractivity contribution in [2.24, 2.45) is 11.8 Å². The SMILES string of the molecule is CCc1ccc(C2CNCCN2C(=O)C(C)C2CC2)cc1.Cl. The number of carbonyl (C=O) groups is 1. The number of nitrogens with zero attached hydrogens (tertiary/aromatic N) is 1. The molecule has 1 saturated heterocycles. The molecule has 1 amide bonds. The van der Waals surface area contributed by atoms with Crippen LogP contribution in [0.1, 0.15) is 43.9 Å². The summed E-state index contributed by atoms with van der Waals surface area (Å²) in [5, 5.41) is 3.44. The molecule has 1 aromatic rings. The molecule has 1 aliphatic carbocycles. The number of halogens is 1. The average molecular weight is 323 g/mol. The second kappa shape index (κ2) is 7.47. The summed E-state index contributed by atoms with van der Waals surface area (Å²) in [5.74, 6) is 1.18. The monoisotopic (exact) mass is 322 g/mol. The molecule has 1 aliphatic heterocycles. The van der Waals surface area contributed by atoms with E-state index in [1.54, 1.807) is 0 Å². The predicted octanol–water partition coefficient (Wildman–Crippen LogP) is 3.19. The Kier molecular flexibility index (Phi) is 5.87. The zero-order valence-electron chi connectivity index (χ0n) is 13.5. The van der Waals surface area contributed by atoms with Gasteiger partial charge in [-0.2, -0.15) is 0 Å². The van der Waals surface area contributed by atoms with Crippen molar-refractivity contribution in [3.63, 3.8) is 0 Å². The fraction of sp³-hybridized carbons (Fsp3) is 0.611. The summed E-state index contributed by atoms with van der Waals surface area (Å²) < 4.78 is 0. The van der Waals surface area contributed by atoms with Gasteiger partial charge in [-0.25, -0.2) is 0 Å². The third kappa shape index (κ3) is 3.64. The lowest BCUT2D eigenvalue weighted by Crippen LogP contribution is -2.50. The second-order valence-corrected chi connectivity index (χ2v) is 6.47. The van der Waals surface area contributed by atoms with Crippen molar-refractivity contribution in [1.82, 2.24) is 10.2 Å². The summed E-state index contributed by atoms with van der Waals surface area (Å²) in [5.41, 5.74) is 2.61. The van der Waals surface area contributed by atoms with Gasteiger partial charge in [0.2, 0.25) is 5.91 Å². The third-order valence-corrected chi connectivity index (χ3v) is 5.02. The summed E-state index contributed by atoms with van der Waals surface area (Å²) in [6.07, 6.45) is 3.52. The highest BCUT2D eigenvalue weighted by Gasteiger charge is 2.37. The number of piperazine rings is 1. The Bertz CT molecular complexity index is 498. The van der Waals surface area contributed by atoms with Crippen LogP contribution in [-0.4, -0.2) is 30.4 Å². The molecule has 3 rings (SSSR count). The van der Waals surface area contributed by atoms with E-state index in [0.29, 0.717) is 11.8 Å². The molecule has 2 atom stereocenters. The summed E-state index contributed by atoms with van der Waals surface area (Å²) in [6, 6.07) is 8.96. The van der Waals surface area contributed by atoms with E-state index in [-0.39, 0.29) is 24.4 Å². The van der Waals surface area contributed by atoms with Gasteiger partial charge in [-0.15, -0.1) is 12.4 Å². The van der Waals surface area contributed by atoms with E-state index in [0.717, 1.165) is 26.1 Å². The number of aryl methyl sites for hydroxylation is 1. The molecule has 4 heteroatoms. The molecule has 0 aromatic heterocycles. The molecule has 0 bridgehead atoms. The Balaban J connectivity index is 0.00000176. The van der Waals surface area contributed by atoms with E-state index in [1.807, 2.05) is 0 Å². The first-order valence-electron chi connectivity index (χ1n) is 8.30. The third-order valence-electron chi connectivity index (χ3n) is 5.02. The number of amides is 1. The lowest BCUT2D eigenvalue weighted by Gasteiger charge is -2.38. The van der Waals surface area contributed by atoms with Gasteiger partial charge in [0.1, 0.15) is 0 Å². The maximum absolute atomic E-state index is 12.8. The van der Waals surface area contributed by atoms with E-state index in [9.17, 15) is 4.79 Å². The van der Waals surface area contributed by atoms with E-state index >= 15 is 0 Å². The molecule has 0 spiro atoms. The summed E-state index contributed by atoms with van der Waals surface area (Å²) in [4.78, 5) is 14.9. The van der Waals surface area contributed by atoms with Crippen molar-refractivity contribution in [1.29, 1.82) is 0 Å². The van der Waals surface area contributed by atoms with Crippen LogP contribution in [0.4, 0.5) is 0 Å². The maximum atomic E-state index is 12.8. The highest BCUT2D eigenvalue weighted by atomic mass is 35.5. The molecular weight excluding hydrogens is 296 g/mol. The predicted molar refractivity (Wildman–Crippen MR) is 92.3 cm³/mol. The van der Waals surface area contributed by atoms with Crippen LogP contribution in [0.2, 0.25) is 0 Å². The number of nitrogens with one attached hydrogen (secondary N) is 1. The first-order valence-corrected chi connectivity index (χ1v) is 8.30. The highest BCUT2D eigenvalue weighted by Crippen LogP contribution is 2.38. The van der Waals surface area contributed by atoms with Gasteiger partial charge in [-0.1, -0.05) is 38.1 Å². The van der Waals surface area contributed by atoms with E-state index in [2.05, 4.69) is 48.3 Å². The standard InChI is InChI=1S/C18H26N2O.ClH/c1-3-14-4-6-16(7-5-14)17-12-19-10-11-20(17)18(21)13(2)15-8-9-15;/h4-7,13,15,17,19H,3,8-12H2,1-2H3;1H. The zero-order chi connectivity index (χ0) is 14.8. The molecular formula is C18H27ClN2O. The lowest BCUT2D eigenvalue weighted by atomic mass is 9.97. The van der Waals surface area contributed by atoms with Crippen molar-refractivity contribution in [2.75, 3.05) is 19.6 Å². The molecule has 0 radical (unpaired) electrons. The molecule has 1 aromatic carbocycles. The van der Waals surface area contributed by atoms with Crippen molar-refractivity contribution in [3.05, 3.63) is 35.4 Å². The van der Waals surface area contributed by atoms with E-state index < -0.39 is 0 Å². The van der Waals surface area contributed by atoms with Gasteiger partial charge in [0, 0.05) is 25.6 Å². The van der Waals surface area contributed by atoms with Crippen molar-refractivity contribution < 1.29 is 4.79 Å².